The lowest BCUT2D eigenvalue weighted by atomic mass is 10.0. The fraction of sp³-hybridized carbons (Fsp3) is 0. The lowest BCUT2D eigenvalue weighted by Gasteiger charge is -2.28. The molecule has 9 heteroatoms. The molecule has 0 spiro atoms. The van der Waals surface area contributed by atoms with Crippen LogP contribution in [-0.4, -0.2) is 22.7 Å². The monoisotopic (exact) mass is 406 g/mol. The molecule has 2 aromatic carbocycles. The minimum atomic E-state index is -1.22. The van der Waals surface area contributed by atoms with E-state index in [9.17, 15) is 23.2 Å². The molecule has 0 atom stereocenters. The Morgan fingerprint density at radius 3 is 2.37 bits per heavy atom. The fourth-order valence-corrected chi connectivity index (χ4v) is 2.75. The first-order valence-electron chi connectivity index (χ1n) is 7.44. The summed E-state index contributed by atoms with van der Waals surface area (Å²) in [5.74, 6) is -4.88. The highest BCUT2D eigenvalue weighted by Gasteiger charge is 2.35. The van der Waals surface area contributed by atoms with E-state index in [1.807, 2.05) is 0 Å². The minimum Gasteiger partial charge on any atom is -0.298 e. The van der Waals surface area contributed by atoms with Crippen LogP contribution in [0.25, 0.3) is 0 Å². The Kier molecular flexibility index (Phi) is 5.11. The van der Waals surface area contributed by atoms with E-state index in [0.717, 1.165) is 23.1 Å². The largest absolute Gasteiger partial charge is 0.298 e. The van der Waals surface area contributed by atoms with Crippen LogP contribution in [0.1, 0.15) is 10.4 Å². The maximum absolute atomic E-state index is 13.3. The van der Waals surface area contributed by atoms with Gasteiger partial charge in [-0.05, 0) is 54.7 Å². The molecule has 3 rings (SSSR count). The summed E-state index contributed by atoms with van der Waals surface area (Å²) in [5.41, 5.74) is -0.373. The van der Waals surface area contributed by atoms with Gasteiger partial charge in [-0.25, -0.2) is 8.78 Å². The normalized spacial score (nSPS) is 15.9. The molecule has 1 aliphatic rings. The molecule has 0 aliphatic carbocycles. The Balaban J connectivity index is 1.97. The maximum Gasteiger partial charge on any atom is 0.270 e. The van der Waals surface area contributed by atoms with Gasteiger partial charge in [0.15, 0.2) is 22.5 Å². The van der Waals surface area contributed by atoms with Crippen LogP contribution in [0, 0.1) is 11.6 Å². The minimum absolute atomic E-state index is 0.162. The predicted molar refractivity (Wildman–Crippen MR) is 98.5 cm³/mol. The van der Waals surface area contributed by atoms with Crippen molar-refractivity contribution in [2.45, 2.75) is 0 Å². The maximum atomic E-state index is 13.3. The van der Waals surface area contributed by atoms with Crippen molar-refractivity contribution in [1.82, 2.24) is 5.32 Å². The van der Waals surface area contributed by atoms with Gasteiger partial charge in [0.1, 0.15) is 5.57 Å². The summed E-state index contributed by atoms with van der Waals surface area (Å²) >= 11 is 10.8. The number of nitrogens with one attached hydrogen (secondary N) is 1. The number of halogens is 3. The van der Waals surface area contributed by atoms with Gasteiger partial charge in [-0.3, -0.25) is 24.6 Å². The van der Waals surface area contributed by atoms with Gasteiger partial charge in [0.05, 0.1) is 5.69 Å². The zero-order valence-electron chi connectivity index (χ0n) is 13.3. The number of benzene rings is 2. The van der Waals surface area contributed by atoms with Gasteiger partial charge < -0.3 is 0 Å². The average molecular weight is 407 g/mol. The molecule has 0 aromatic heterocycles. The number of anilines is 1. The van der Waals surface area contributed by atoms with Crippen molar-refractivity contribution in [3.63, 3.8) is 0 Å². The molecule has 5 nitrogen and oxygen atoms in total. The molecular formula is C18H9ClF2N2O3S. The molecule has 27 heavy (non-hydrogen) atoms. The summed E-state index contributed by atoms with van der Waals surface area (Å²) in [6, 6.07) is 8.58. The van der Waals surface area contributed by atoms with Crippen molar-refractivity contribution in [1.29, 1.82) is 0 Å². The molecule has 0 saturated carbocycles. The Morgan fingerprint density at radius 1 is 1.07 bits per heavy atom. The van der Waals surface area contributed by atoms with Gasteiger partial charge in [-0.15, -0.1) is 0 Å². The molecule has 1 aliphatic heterocycles. The van der Waals surface area contributed by atoms with E-state index in [2.05, 4.69) is 5.32 Å². The van der Waals surface area contributed by atoms with Crippen LogP contribution < -0.4 is 10.2 Å². The second-order valence-corrected chi connectivity index (χ2v) is 6.25. The Hall–Kier alpha value is -2.97. The second-order valence-electron chi connectivity index (χ2n) is 5.43. The quantitative estimate of drug-likeness (QED) is 0.368. The smallest absolute Gasteiger partial charge is 0.270 e. The lowest BCUT2D eigenvalue weighted by Crippen LogP contribution is -2.54. The average Bonchev–Trinajstić information content (AvgIpc) is 2.62. The van der Waals surface area contributed by atoms with Crippen molar-refractivity contribution < 1.29 is 23.2 Å². The number of amides is 2. The van der Waals surface area contributed by atoms with Gasteiger partial charge in [-0.1, -0.05) is 11.6 Å². The number of allylic oxidation sites excluding steroid dienone is 1. The highest BCUT2D eigenvalue weighted by atomic mass is 35.5. The van der Waals surface area contributed by atoms with E-state index >= 15 is 0 Å². The molecule has 0 bridgehead atoms. The lowest BCUT2D eigenvalue weighted by molar-refractivity contribution is -0.122. The number of ketones is 1. The van der Waals surface area contributed by atoms with Gasteiger partial charge in [0, 0.05) is 16.7 Å². The molecule has 0 radical (unpaired) electrons. The SMILES string of the molecule is O=C1NC(=S)N(c2ccc(Cl)cc2)C(=O)/C1=C\C(=O)c1ccc(F)c(F)c1. The third-order valence-electron chi connectivity index (χ3n) is 3.67. The van der Waals surface area contributed by atoms with E-state index in [0.29, 0.717) is 16.8 Å². The summed E-state index contributed by atoms with van der Waals surface area (Å²) < 4.78 is 26.3. The van der Waals surface area contributed by atoms with Crippen LogP contribution in [0.2, 0.25) is 5.02 Å². The number of hydrogen-bond acceptors (Lipinski definition) is 4. The first-order chi connectivity index (χ1) is 12.8. The third kappa shape index (κ3) is 3.76. The van der Waals surface area contributed by atoms with Crippen LogP contribution in [0.15, 0.2) is 54.1 Å². The molecule has 136 valence electrons. The van der Waals surface area contributed by atoms with Crippen LogP contribution in [-0.2, 0) is 9.59 Å². The van der Waals surface area contributed by atoms with Crippen molar-refractivity contribution >= 4 is 52.2 Å². The Bertz CT molecular complexity index is 1020. The van der Waals surface area contributed by atoms with Crippen LogP contribution in [0.5, 0.6) is 0 Å². The molecule has 1 heterocycles. The Morgan fingerprint density at radius 2 is 1.74 bits per heavy atom. The van der Waals surface area contributed by atoms with Crippen molar-refractivity contribution in [2.75, 3.05) is 4.90 Å². The summed E-state index contributed by atoms with van der Waals surface area (Å²) in [5, 5.41) is 2.58. The van der Waals surface area contributed by atoms with Gasteiger partial charge in [0.25, 0.3) is 11.8 Å². The van der Waals surface area contributed by atoms with E-state index < -0.39 is 34.8 Å². The number of rotatable bonds is 3. The zero-order valence-corrected chi connectivity index (χ0v) is 14.9. The topological polar surface area (TPSA) is 66.5 Å². The van der Waals surface area contributed by atoms with E-state index in [1.165, 1.54) is 24.3 Å². The van der Waals surface area contributed by atoms with Gasteiger partial charge in [-0.2, -0.15) is 0 Å². The summed E-state index contributed by atoms with van der Waals surface area (Å²) in [4.78, 5) is 38.1. The highest BCUT2D eigenvalue weighted by Crippen LogP contribution is 2.23. The molecule has 2 aromatic rings. The Labute approximate surface area is 162 Å². The molecule has 1 saturated heterocycles. The van der Waals surface area contributed by atoms with Gasteiger partial charge in [0.2, 0.25) is 0 Å². The van der Waals surface area contributed by atoms with E-state index in [4.69, 9.17) is 23.8 Å². The molecule has 1 N–H and O–H groups in total. The van der Waals surface area contributed by atoms with Crippen molar-refractivity contribution in [3.05, 3.63) is 76.3 Å². The fourth-order valence-electron chi connectivity index (χ4n) is 2.35. The summed E-state index contributed by atoms with van der Waals surface area (Å²) in [7, 11) is 0. The standard InChI is InChI=1S/C18H9ClF2N2O3S/c19-10-2-4-11(5-3-10)23-17(26)12(16(25)22-18(23)27)8-15(24)9-1-6-13(20)14(21)7-9/h1-8H,(H,22,25,27)/b12-8-. The second kappa shape index (κ2) is 7.34. The van der Waals surface area contributed by atoms with Crippen LogP contribution in [0.3, 0.4) is 0 Å². The van der Waals surface area contributed by atoms with Crippen LogP contribution in [0.4, 0.5) is 14.5 Å². The first-order valence-corrected chi connectivity index (χ1v) is 8.23. The molecule has 1 fully saturated rings. The number of carbonyl (C=O) groups excluding carboxylic acids is 3. The van der Waals surface area contributed by atoms with E-state index in [-0.39, 0.29) is 10.7 Å². The van der Waals surface area contributed by atoms with E-state index in [1.54, 1.807) is 0 Å². The third-order valence-corrected chi connectivity index (χ3v) is 4.20. The first kappa shape index (κ1) is 18.8. The number of carbonyl (C=O) groups is 3. The summed E-state index contributed by atoms with van der Waals surface area (Å²) in [6.07, 6.45) is 0.759. The van der Waals surface area contributed by atoms with Crippen LogP contribution >= 0.6 is 23.8 Å². The number of nitrogens with zero attached hydrogens (tertiary/aromatic N) is 1. The highest BCUT2D eigenvalue weighted by molar-refractivity contribution is 7.80. The molecule has 2 amide bonds. The predicted octanol–water partition coefficient (Wildman–Crippen LogP) is 3.18. The number of thiocarbonyl (C=S) groups is 1. The van der Waals surface area contributed by atoms with Crippen molar-refractivity contribution in [2.24, 2.45) is 0 Å². The molecule has 0 unspecified atom stereocenters. The zero-order chi connectivity index (χ0) is 19.7. The van der Waals surface area contributed by atoms with Gasteiger partial charge >= 0.3 is 0 Å². The number of hydrogen-bond donors (Lipinski definition) is 1. The van der Waals surface area contributed by atoms with Crippen molar-refractivity contribution in [3.8, 4) is 0 Å². The molecular weight excluding hydrogens is 398 g/mol. The summed E-state index contributed by atoms with van der Waals surface area (Å²) in [6.45, 7) is 0.